The van der Waals surface area contributed by atoms with Crippen LogP contribution in [0.15, 0.2) is 28.9 Å². The molecule has 4 nitrogen and oxygen atoms in total. The second-order valence-electron chi connectivity index (χ2n) is 4.26. The van der Waals surface area contributed by atoms with Crippen molar-refractivity contribution in [2.75, 3.05) is 5.94 Å². The number of hydrogen-bond donors (Lipinski definition) is 0. The fraction of sp³-hybridized carbons (Fsp3) is 0.357. The van der Waals surface area contributed by atoms with Crippen molar-refractivity contribution < 1.29 is 9.53 Å². The zero-order valence-corrected chi connectivity index (χ0v) is 13.1. The Labute approximate surface area is 126 Å². The number of hydrogen-bond acceptors (Lipinski definition) is 6. The number of pyridine rings is 1. The molecule has 0 fully saturated rings. The lowest BCUT2D eigenvalue weighted by molar-refractivity contribution is -0.141. The summed E-state index contributed by atoms with van der Waals surface area (Å²) in [6.07, 6.45) is 4.52. The lowest BCUT2D eigenvalue weighted by Gasteiger charge is -2.03. The number of thioether (sulfide) groups is 1. The number of nitrogens with zero attached hydrogens (tertiary/aromatic N) is 2. The van der Waals surface area contributed by atoms with Crippen LogP contribution in [0.4, 0.5) is 0 Å². The zero-order valence-electron chi connectivity index (χ0n) is 11.5. The van der Waals surface area contributed by atoms with E-state index in [1.165, 1.54) is 16.6 Å². The van der Waals surface area contributed by atoms with Gasteiger partial charge >= 0.3 is 5.97 Å². The van der Waals surface area contributed by atoms with Gasteiger partial charge in [0.15, 0.2) is 4.34 Å². The molecule has 0 saturated carbocycles. The van der Waals surface area contributed by atoms with E-state index < -0.39 is 0 Å². The summed E-state index contributed by atoms with van der Waals surface area (Å²) in [5.74, 6) is 0.129. The Bertz CT molecular complexity index is 550. The summed E-state index contributed by atoms with van der Waals surface area (Å²) in [6.45, 7) is 4.02. The Hall–Kier alpha value is -1.40. The van der Waals surface area contributed by atoms with Crippen LogP contribution in [0.25, 0.3) is 0 Å². The van der Waals surface area contributed by atoms with Gasteiger partial charge in [-0.2, -0.15) is 0 Å². The van der Waals surface area contributed by atoms with Crippen molar-refractivity contribution in [3.8, 4) is 0 Å². The van der Waals surface area contributed by atoms with Crippen LogP contribution in [0, 0.1) is 13.8 Å². The minimum absolute atomic E-state index is 0.189. The van der Waals surface area contributed by atoms with Crippen molar-refractivity contribution in [3.05, 3.63) is 40.7 Å². The fourth-order valence-electron chi connectivity index (χ4n) is 1.52. The molecular weight excluding hydrogens is 292 g/mol. The maximum atomic E-state index is 11.6. The first-order valence-corrected chi connectivity index (χ1v) is 8.06. The average molecular weight is 308 g/mol. The summed E-state index contributed by atoms with van der Waals surface area (Å²) in [5.41, 5.74) is 2.09. The van der Waals surface area contributed by atoms with E-state index in [1.807, 2.05) is 26.0 Å². The molecule has 6 heteroatoms. The van der Waals surface area contributed by atoms with Crippen LogP contribution < -0.4 is 0 Å². The Balaban J connectivity index is 1.68. The number of carbonyl (C=O) groups excluding carboxylic acids is 1. The monoisotopic (exact) mass is 308 g/mol. The first-order chi connectivity index (χ1) is 9.65. The van der Waals surface area contributed by atoms with E-state index in [2.05, 4.69) is 9.97 Å². The molecule has 0 aliphatic rings. The zero-order chi connectivity index (χ0) is 14.4. The summed E-state index contributed by atoms with van der Waals surface area (Å²) in [5, 5.41) is 0. The molecule has 0 spiro atoms. The number of aromatic nitrogens is 2. The van der Waals surface area contributed by atoms with Gasteiger partial charge in [0.25, 0.3) is 0 Å². The molecule has 0 saturated heterocycles. The third kappa shape index (κ3) is 4.61. The number of rotatable bonds is 6. The van der Waals surface area contributed by atoms with Gasteiger partial charge in [0.1, 0.15) is 5.94 Å². The molecule has 0 amide bonds. The van der Waals surface area contributed by atoms with Crippen LogP contribution in [-0.2, 0) is 16.0 Å². The second-order valence-corrected chi connectivity index (χ2v) is 6.63. The number of aryl methyl sites for hydroxylation is 3. The number of thiazole rings is 1. The van der Waals surface area contributed by atoms with Crippen LogP contribution >= 0.6 is 23.1 Å². The molecule has 0 aliphatic heterocycles. The Morgan fingerprint density at radius 3 is 2.95 bits per heavy atom. The van der Waals surface area contributed by atoms with Crippen molar-refractivity contribution in [3.63, 3.8) is 0 Å². The molecule has 20 heavy (non-hydrogen) atoms. The highest BCUT2D eigenvalue weighted by atomic mass is 32.2. The third-order valence-electron chi connectivity index (χ3n) is 2.75. The SMILES string of the molecule is Cc1nc(SCOC(=O)CCc2cccnc2)sc1C. The van der Waals surface area contributed by atoms with E-state index in [1.54, 1.807) is 23.7 Å². The summed E-state index contributed by atoms with van der Waals surface area (Å²) in [7, 11) is 0. The highest BCUT2D eigenvalue weighted by Gasteiger charge is 2.07. The van der Waals surface area contributed by atoms with Crippen molar-refractivity contribution in [1.82, 2.24) is 9.97 Å². The van der Waals surface area contributed by atoms with Gasteiger partial charge in [0, 0.05) is 23.7 Å². The van der Waals surface area contributed by atoms with E-state index in [0.29, 0.717) is 18.8 Å². The molecule has 2 heterocycles. The molecule has 0 aromatic carbocycles. The van der Waals surface area contributed by atoms with Crippen LogP contribution in [0.3, 0.4) is 0 Å². The number of ether oxygens (including phenoxy) is 1. The largest absolute Gasteiger partial charge is 0.454 e. The Kier molecular flexibility index (Phi) is 5.55. The number of esters is 1. The van der Waals surface area contributed by atoms with Crippen molar-refractivity contribution in [2.45, 2.75) is 31.0 Å². The third-order valence-corrected chi connectivity index (χ3v) is 4.80. The average Bonchev–Trinajstić information content (AvgIpc) is 2.76. The second kappa shape index (κ2) is 7.40. The summed E-state index contributed by atoms with van der Waals surface area (Å²) < 4.78 is 6.13. The van der Waals surface area contributed by atoms with Gasteiger partial charge in [0.05, 0.1) is 5.69 Å². The maximum absolute atomic E-state index is 11.6. The predicted octanol–water partition coefficient (Wildman–Crippen LogP) is 3.38. The van der Waals surface area contributed by atoms with Gasteiger partial charge in [-0.3, -0.25) is 9.78 Å². The van der Waals surface area contributed by atoms with Crippen LogP contribution in [0.1, 0.15) is 22.6 Å². The molecule has 0 radical (unpaired) electrons. The molecule has 0 atom stereocenters. The van der Waals surface area contributed by atoms with Crippen molar-refractivity contribution >= 4 is 29.1 Å². The predicted molar refractivity (Wildman–Crippen MR) is 81.0 cm³/mol. The molecule has 0 bridgehead atoms. The highest BCUT2D eigenvalue weighted by Crippen LogP contribution is 2.26. The Morgan fingerprint density at radius 1 is 1.45 bits per heavy atom. The fourth-order valence-corrected chi connectivity index (χ4v) is 3.40. The summed E-state index contributed by atoms with van der Waals surface area (Å²) in [4.78, 5) is 21.2. The van der Waals surface area contributed by atoms with Gasteiger partial charge in [-0.05, 0) is 31.9 Å². The smallest absolute Gasteiger partial charge is 0.306 e. The van der Waals surface area contributed by atoms with Gasteiger partial charge < -0.3 is 4.74 Å². The molecule has 0 aliphatic carbocycles. The minimum atomic E-state index is -0.189. The molecular formula is C14H16N2O2S2. The van der Waals surface area contributed by atoms with Crippen LogP contribution in [-0.4, -0.2) is 21.9 Å². The molecule has 2 rings (SSSR count). The van der Waals surface area contributed by atoms with Crippen molar-refractivity contribution in [1.29, 1.82) is 0 Å². The van der Waals surface area contributed by atoms with Gasteiger partial charge in [-0.25, -0.2) is 4.98 Å². The van der Waals surface area contributed by atoms with E-state index in [9.17, 15) is 4.79 Å². The molecule has 0 unspecified atom stereocenters. The van der Waals surface area contributed by atoms with E-state index >= 15 is 0 Å². The van der Waals surface area contributed by atoms with Gasteiger partial charge in [-0.15, -0.1) is 11.3 Å². The molecule has 2 aromatic heterocycles. The standard InChI is InChI=1S/C14H16N2O2S2/c1-10-11(2)20-14(16-10)19-9-18-13(17)6-5-12-4-3-7-15-8-12/h3-4,7-8H,5-6,9H2,1-2H3. The summed E-state index contributed by atoms with van der Waals surface area (Å²) in [6, 6.07) is 3.82. The van der Waals surface area contributed by atoms with Gasteiger partial charge in [-0.1, -0.05) is 17.8 Å². The van der Waals surface area contributed by atoms with Crippen LogP contribution in [0.2, 0.25) is 0 Å². The number of carbonyl (C=O) groups is 1. The molecule has 0 N–H and O–H groups in total. The summed E-state index contributed by atoms with van der Waals surface area (Å²) >= 11 is 3.09. The lowest BCUT2D eigenvalue weighted by atomic mass is 10.2. The lowest BCUT2D eigenvalue weighted by Crippen LogP contribution is -2.05. The first-order valence-electron chi connectivity index (χ1n) is 6.26. The first kappa shape index (κ1) is 15.0. The molecule has 106 valence electrons. The van der Waals surface area contributed by atoms with E-state index in [-0.39, 0.29) is 5.97 Å². The highest BCUT2D eigenvalue weighted by molar-refractivity contribution is 8.00. The Morgan fingerprint density at radius 2 is 2.30 bits per heavy atom. The van der Waals surface area contributed by atoms with Crippen LogP contribution in [0.5, 0.6) is 0 Å². The minimum Gasteiger partial charge on any atom is -0.454 e. The van der Waals surface area contributed by atoms with E-state index in [4.69, 9.17) is 4.74 Å². The molecule has 2 aromatic rings. The maximum Gasteiger partial charge on any atom is 0.306 e. The topological polar surface area (TPSA) is 52.1 Å². The van der Waals surface area contributed by atoms with Crippen molar-refractivity contribution in [2.24, 2.45) is 0 Å². The van der Waals surface area contributed by atoms with Gasteiger partial charge in [0.2, 0.25) is 0 Å². The van der Waals surface area contributed by atoms with E-state index in [0.717, 1.165) is 15.6 Å². The quantitative estimate of drug-likeness (QED) is 0.465. The normalized spacial score (nSPS) is 10.5.